The SMILES string of the molecule is N#C/C(=C/c1ncc(C(F)(F)F)cc1Cl)S(=O)(=O)c1ccc(Cl)cc1. The summed E-state index contributed by atoms with van der Waals surface area (Å²) in [6.07, 6.45) is -3.33. The van der Waals surface area contributed by atoms with E-state index >= 15 is 0 Å². The van der Waals surface area contributed by atoms with E-state index in [0.717, 1.165) is 6.08 Å². The predicted octanol–water partition coefficient (Wildman–Crippen LogP) is 4.75. The van der Waals surface area contributed by atoms with Crippen LogP contribution in [0.2, 0.25) is 10.0 Å². The van der Waals surface area contributed by atoms with Gasteiger partial charge in [-0.1, -0.05) is 23.2 Å². The summed E-state index contributed by atoms with van der Waals surface area (Å²) in [7, 11) is -4.20. The van der Waals surface area contributed by atoms with E-state index in [-0.39, 0.29) is 10.6 Å². The quantitative estimate of drug-likeness (QED) is 0.689. The van der Waals surface area contributed by atoms with Gasteiger partial charge in [0.05, 0.1) is 21.2 Å². The molecule has 4 nitrogen and oxygen atoms in total. The van der Waals surface area contributed by atoms with Crippen molar-refractivity contribution in [1.29, 1.82) is 5.26 Å². The minimum atomic E-state index is -4.65. The van der Waals surface area contributed by atoms with E-state index in [0.29, 0.717) is 17.3 Å². The van der Waals surface area contributed by atoms with Crippen molar-refractivity contribution in [3.05, 3.63) is 62.7 Å². The van der Waals surface area contributed by atoms with E-state index < -0.39 is 31.5 Å². The lowest BCUT2D eigenvalue weighted by molar-refractivity contribution is -0.137. The zero-order valence-corrected chi connectivity index (χ0v) is 14.4. The molecule has 0 amide bonds. The van der Waals surface area contributed by atoms with Gasteiger partial charge in [-0.05, 0) is 36.4 Å². The highest BCUT2D eigenvalue weighted by atomic mass is 35.5. The van der Waals surface area contributed by atoms with Crippen LogP contribution in [0, 0.1) is 11.3 Å². The zero-order chi connectivity index (χ0) is 18.8. The van der Waals surface area contributed by atoms with E-state index in [9.17, 15) is 21.6 Å². The summed E-state index contributed by atoms with van der Waals surface area (Å²) >= 11 is 11.4. The number of halogens is 5. The van der Waals surface area contributed by atoms with Crippen molar-refractivity contribution in [3.63, 3.8) is 0 Å². The summed E-state index contributed by atoms with van der Waals surface area (Å²) in [5.41, 5.74) is -1.36. The number of pyridine rings is 1. The molecule has 0 saturated heterocycles. The molecular weight excluding hydrogens is 400 g/mol. The molecule has 0 radical (unpaired) electrons. The van der Waals surface area contributed by atoms with Crippen LogP contribution < -0.4 is 0 Å². The van der Waals surface area contributed by atoms with E-state index in [2.05, 4.69) is 4.98 Å². The fraction of sp³-hybridized carbons (Fsp3) is 0.0667. The lowest BCUT2D eigenvalue weighted by Gasteiger charge is -2.08. The van der Waals surface area contributed by atoms with Crippen molar-refractivity contribution >= 4 is 39.1 Å². The number of alkyl halides is 3. The van der Waals surface area contributed by atoms with Crippen molar-refractivity contribution in [2.75, 3.05) is 0 Å². The van der Waals surface area contributed by atoms with E-state index in [1.165, 1.54) is 30.3 Å². The molecule has 0 aliphatic rings. The van der Waals surface area contributed by atoms with Crippen molar-refractivity contribution in [2.45, 2.75) is 11.1 Å². The maximum Gasteiger partial charge on any atom is 0.417 e. The molecule has 0 unspecified atom stereocenters. The summed E-state index contributed by atoms with van der Waals surface area (Å²) in [5, 5.41) is 9.00. The molecule has 2 rings (SSSR count). The van der Waals surface area contributed by atoms with Crippen molar-refractivity contribution in [3.8, 4) is 6.07 Å². The maximum atomic E-state index is 12.6. The molecule has 1 aromatic carbocycles. The smallest absolute Gasteiger partial charge is 0.255 e. The van der Waals surface area contributed by atoms with Crippen molar-refractivity contribution in [2.24, 2.45) is 0 Å². The van der Waals surface area contributed by atoms with Crippen LogP contribution in [-0.2, 0) is 16.0 Å². The minimum absolute atomic E-state index is 0.201. The van der Waals surface area contributed by atoms with Gasteiger partial charge in [0, 0.05) is 11.2 Å². The summed E-state index contributed by atoms with van der Waals surface area (Å²) in [6, 6.07) is 7.15. The highest BCUT2D eigenvalue weighted by Crippen LogP contribution is 2.32. The summed E-state index contributed by atoms with van der Waals surface area (Å²) < 4.78 is 62.7. The third-order valence-corrected chi connectivity index (χ3v) is 5.22. The second kappa shape index (κ2) is 7.04. The molecule has 0 saturated carbocycles. The van der Waals surface area contributed by atoms with Gasteiger partial charge in [0.25, 0.3) is 0 Å². The molecule has 2 aromatic rings. The molecule has 0 atom stereocenters. The Morgan fingerprint density at radius 3 is 2.28 bits per heavy atom. The molecule has 0 spiro atoms. The number of allylic oxidation sites excluding steroid dienone is 1. The molecule has 0 N–H and O–H groups in total. The zero-order valence-electron chi connectivity index (χ0n) is 12.1. The molecule has 10 heteroatoms. The fourth-order valence-electron chi connectivity index (χ4n) is 1.74. The normalized spacial score (nSPS) is 12.7. The molecule has 0 aliphatic carbocycles. The number of benzene rings is 1. The third kappa shape index (κ3) is 4.31. The molecule has 130 valence electrons. The van der Waals surface area contributed by atoms with Gasteiger partial charge in [0.2, 0.25) is 9.84 Å². The van der Waals surface area contributed by atoms with Crippen LogP contribution in [0.4, 0.5) is 13.2 Å². The molecule has 1 heterocycles. The number of hydrogen-bond acceptors (Lipinski definition) is 4. The largest absolute Gasteiger partial charge is 0.417 e. The van der Waals surface area contributed by atoms with Gasteiger partial charge in [-0.3, -0.25) is 4.98 Å². The monoisotopic (exact) mass is 406 g/mol. The molecule has 0 aliphatic heterocycles. The van der Waals surface area contributed by atoms with Gasteiger partial charge < -0.3 is 0 Å². The Labute approximate surface area is 151 Å². The fourth-order valence-corrected chi connectivity index (χ4v) is 3.23. The Morgan fingerprint density at radius 1 is 1.20 bits per heavy atom. The maximum absolute atomic E-state index is 12.6. The molecule has 1 aromatic heterocycles. The predicted molar refractivity (Wildman–Crippen MR) is 86.5 cm³/mol. The van der Waals surface area contributed by atoms with E-state index in [1.54, 1.807) is 0 Å². The first kappa shape index (κ1) is 19.2. The van der Waals surface area contributed by atoms with Gasteiger partial charge in [0.15, 0.2) is 4.91 Å². The van der Waals surface area contributed by atoms with Crippen LogP contribution in [0.5, 0.6) is 0 Å². The summed E-state index contributed by atoms with van der Waals surface area (Å²) in [4.78, 5) is 2.57. The molecule has 0 bridgehead atoms. The van der Waals surface area contributed by atoms with E-state index in [4.69, 9.17) is 28.5 Å². The first-order valence-corrected chi connectivity index (χ1v) is 8.65. The van der Waals surface area contributed by atoms with Gasteiger partial charge in [-0.2, -0.15) is 18.4 Å². The van der Waals surface area contributed by atoms with Gasteiger partial charge in [-0.25, -0.2) is 8.42 Å². The Hall–Kier alpha value is -2.08. The lowest BCUT2D eigenvalue weighted by atomic mass is 10.2. The van der Waals surface area contributed by atoms with Gasteiger partial charge in [-0.15, -0.1) is 0 Å². The number of hydrogen-bond donors (Lipinski definition) is 0. The minimum Gasteiger partial charge on any atom is -0.255 e. The van der Waals surface area contributed by atoms with Gasteiger partial charge in [0.1, 0.15) is 6.07 Å². The lowest BCUT2D eigenvalue weighted by Crippen LogP contribution is -2.07. The molecule has 25 heavy (non-hydrogen) atoms. The Balaban J connectivity index is 2.51. The van der Waals surface area contributed by atoms with Crippen molar-refractivity contribution < 1.29 is 21.6 Å². The Kier molecular flexibility index (Phi) is 5.42. The van der Waals surface area contributed by atoms with Crippen LogP contribution in [0.25, 0.3) is 6.08 Å². The van der Waals surface area contributed by atoms with Crippen LogP contribution in [0.3, 0.4) is 0 Å². The second-order valence-corrected chi connectivity index (χ2v) is 7.43. The highest BCUT2D eigenvalue weighted by molar-refractivity contribution is 7.95. The van der Waals surface area contributed by atoms with Crippen molar-refractivity contribution in [1.82, 2.24) is 4.98 Å². The number of nitrogens with zero attached hydrogens (tertiary/aromatic N) is 2. The molecule has 0 fully saturated rings. The first-order valence-electron chi connectivity index (χ1n) is 6.41. The van der Waals surface area contributed by atoms with Crippen LogP contribution in [0.1, 0.15) is 11.3 Å². The number of nitriles is 1. The Morgan fingerprint density at radius 2 is 1.80 bits per heavy atom. The summed E-state index contributed by atoms with van der Waals surface area (Å²) in [5.74, 6) is 0. The first-order chi connectivity index (χ1) is 11.6. The summed E-state index contributed by atoms with van der Waals surface area (Å²) in [6.45, 7) is 0. The standard InChI is InChI=1S/C15H7Cl2F3N2O2S/c16-10-1-3-11(4-2-10)25(23,24)12(7-21)6-14-13(17)5-9(8-22-14)15(18,19)20/h1-6,8H/b12-6-. The van der Waals surface area contributed by atoms with Gasteiger partial charge >= 0.3 is 6.18 Å². The Bertz CT molecular complexity index is 979. The molecular formula is C15H7Cl2F3N2O2S. The average Bonchev–Trinajstić information content (AvgIpc) is 2.53. The van der Waals surface area contributed by atoms with Crippen LogP contribution >= 0.6 is 23.2 Å². The average molecular weight is 407 g/mol. The third-order valence-electron chi connectivity index (χ3n) is 2.99. The van der Waals surface area contributed by atoms with Crippen LogP contribution in [-0.4, -0.2) is 13.4 Å². The topological polar surface area (TPSA) is 70.8 Å². The van der Waals surface area contributed by atoms with Crippen LogP contribution in [0.15, 0.2) is 46.3 Å². The van der Waals surface area contributed by atoms with E-state index in [1.807, 2.05) is 0 Å². The number of aromatic nitrogens is 1. The second-order valence-electron chi connectivity index (χ2n) is 4.67. The highest BCUT2D eigenvalue weighted by Gasteiger charge is 2.31. The number of sulfone groups is 1. The number of rotatable bonds is 3.